The highest BCUT2D eigenvalue weighted by Gasteiger charge is 2.51. The molecule has 0 aromatic rings. The lowest BCUT2D eigenvalue weighted by Gasteiger charge is -2.24. The van der Waals surface area contributed by atoms with Gasteiger partial charge in [0.15, 0.2) is 0 Å². The lowest BCUT2D eigenvalue weighted by atomic mass is 9.95. The lowest BCUT2D eigenvalue weighted by molar-refractivity contribution is -0.142. The van der Waals surface area contributed by atoms with E-state index in [4.69, 9.17) is 5.73 Å². The van der Waals surface area contributed by atoms with E-state index < -0.39 is 33.2 Å². The molecular weight excluding hydrogens is 434 g/mol. The van der Waals surface area contributed by atoms with Crippen molar-refractivity contribution in [1.82, 2.24) is 12.3 Å². The zero-order valence-corrected chi connectivity index (χ0v) is 21.0. The predicted octanol–water partition coefficient (Wildman–Crippen LogP) is 5.55. The Bertz CT molecular complexity index is 586. The average molecular weight is 484 g/mol. The van der Waals surface area contributed by atoms with E-state index in [-0.39, 0.29) is 18.7 Å². The molecule has 0 aliphatic carbocycles. The van der Waals surface area contributed by atoms with Crippen LogP contribution in [0.2, 0.25) is 0 Å². The van der Waals surface area contributed by atoms with E-state index in [9.17, 15) is 27.7 Å². The highest BCUT2D eigenvalue weighted by atomic mass is 32.2. The number of rotatable bonds is 21. The van der Waals surface area contributed by atoms with E-state index in [0.29, 0.717) is 12.8 Å². The van der Waals surface area contributed by atoms with Crippen LogP contribution in [0.4, 0.5) is 0 Å². The van der Waals surface area contributed by atoms with Gasteiger partial charge in [-0.2, -0.15) is 8.42 Å². The molecule has 9 nitrogen and oxygen atoms in total. The van der Waals surface area contributed by atoms with Crippen molar-refractivity contribution >= 4 is 22.0 Å². The van der Waals surface area contributed by atoms with Crippen LogP contribution in [0.1, 0.15) is 122 Å². The first-order valence-corrected chi connectivity index (χ1v) is 13.1. The average Bonchev–Trinajstić information content (AvgIpc) is 2.65. The Balaban J connectivity index is -0.00000420. The van der Waals surface area contributed by atoms with Crippen LogP contribution in [0, 0.1) is 0 Å². The highest BCUT2D eigenvalue weighted by Crippen LogP contribution is 2.29. The van der Waals surface area contributed by atoms with Crippen molar-refractivity contribution in [2.75, 3.05) is 0 Å². The van der Waals surface area contributed by atoms with Crippen LogP contribution in [-0.4, -0.2) is 34.7 Å². The van der Waals surface area contributed by atoms with E-state index in [1.54, 1.807) is 0 Å². The summed E-state index contributed by atoms with van der Waals surface area (Å²) in [5.74, 6) is -2.80. The van der Waals surface area contributed by atoms with Gasteiger partial charge in [0.2, 0.25) is 10.7 Å². The lowest BCUT2D eigenvalue weighted by Crippen LogP contribution is -2.49. The molecule has 1 amide bonds. The van der Waals surface area contributed by atoms with E-state index in [2.05, 4.69) is 6.92 Å². The van der Waals surface area contributed by atoms with Crippen molar-refractivity contribution in [2.24, 2.45) is 5.73 Å². The smallest absolute Gasteiger partial charge is 0.328 e. The molecule has 0 spiro atoms. The van der Waals surface area contributed by atoms with Crippen molar-refractivity contribution in [2.45, 2.75) is 127 Å². The summed E-state index contributed by atoms with van der Waals surface area (Å²) in [6, 6.07) is 0. The molecule has 32 heavy (non-hydrogen) atoms. The summed E-state index contributed by atoms with van der Waals surface area (Å²) in [6.07, 6.45) is 17.1. The maximum Gasteiger partial charge on any atom is 0.328 e. The van der Waals surface area contributed by atoms with Gasteiger partial charge in [-0.1, -0.05) is 110 Å². The summed E-state index contributed by atoms with van der Waals surface area (Å²) in [5, 5.41) is 9.29. The maximum atomic E-state index is 11.6. The van der Waals surface area contributed by atoms with Crippen LogP contribution in [0.5, 0.6) is 0 Å². The fraction of sp³-hybridized carbons (Fsp3) is 0.909. The van der Waals surface area contributed by atoms with Gasteiger partial charge in [0.25, 0.3) is 10.1 Å². The van der Waals surface area contributed by atoms with E-state index in [1.807, 2.05) is 0 Å². The Morgan fingerprint density at radius 2 is 1.03 bits per heavy atom. The number of amides is 1. The molecule has 194 valence electrons. The standard InChI is InChI=1S/C22H43NO6S.2H3N/c1-2-3-4-5-6-7-8-9-10-11-12-13-14-15-16-17-18-22(21(25)26,19-20(23)24)30(27,28)29;;/h2-19H2,1H3,(H2,23,24)(H,25,26)(H,27,28,29);2*1H3. The SMILES string of the molecule is CCCCCCCCCCCCCCCCCCC(CC(N)=O)(C(=O)O)S(=O)(=O)O.N.N. The minimum Gasteiger partial charge on any atom is -0.480 e. The molecule has 0 rings (SSSR count). The summed E-state index contributed by atoms with van der Waals surface area (Å²) in [6.45, 7) is 2.24. The van der Waals surface area contributed by atoms with Crippen LogP contribution < -0.4 is 18.0 Å². The number of unbranched alkanes of at least 4 members (excludes halogenated alkanes) is 15. The van der Waals surface area contributed by atoms with Crippen LogP contribution in [0.15, 0.2) is 0 Å². The largest absolute Gasteiger partial charge is 0.480 e. The minimum absolute atomic E-state index is 0. The molecule has 10 heteroatoms. The van der Waals surface area contributed by atoms with Crippen LogP contribution >= 0.6 is 0 Å². The Morgan fingerprint density at radius 1 is 0.719 bits per heavy atom. The molecular formula is C22H49N3O6S. The number of aliphatic carboxylic acids is 1. The summed E-state index contributed by atoms with van der Waals surface area (Å²) >= 11 is 0. The number of carboxylic acid groups (broad SMARTS) is 1. The van der Waals surface area contributed by atoms with E-state index >= 15 is 0 Å². The van der Waals surface area contributed by atoms with Crippen LogP contribution in [-0.2, 0) is 19.7 Å². The normalized spacial score (nSPS) is 12.9. The molecule has 1 atom stereocenters. The molecule has 10 N–H and O–H groups in total. The second kappa shape index (κ2) is 20.4. The molecule has 0 bridgehead atoms. The van der Waals surface area contributed by atoms with Gasteiger partial charge in [0.1, 0.15) is 0 Å². The van der Waals surface area contributed by atoms with Gasteiger partial charge >= 0.3 is 5.97 Å². The van der Waals surface area contributed by atoms with Gasteiger partial charge in [-0.25, -0.2) is 0 Å². The fourth-order valence-electron chi connectivity index (χ4n) is 3.84. The van der Waals surface area contributed by atoms with E-state index in [1.165, 1.54) is 70.6 Å². The molecule has 1 unspecified atom stereocenters. The third kappa shape index (κ3) is 15.6. The zero-order valence-electron chi connectivity index (χ0n) is 20.2. The van der Waals surface area contributed by atoms with Gasteiger partial charge < -0.3 is 23.1 Å². The fourth-order valence-corrected chi connectivity index (χ4v) is 4.79. The highest BCUT2D eigenvalue weighted by molar-refractivity contribution is 7.88. The molecule has 0 saturated carbocycles. The molecule has 0 saturated heterocycles. The Hall–Kier alpha value is -1.23. The second-order valence-corrected chi connectivity index (χ2v) is 10.2. The van der Waals surface area contributed by atoms with Gasteiger partial charge in [-0.05, 0) is 6.42 Å². The molecule has 0 aliphatic rings. The number of hydrogen-bond acceptors (Lipinski definition) is 6. The van der Waals surface area contributed by atoms with Gasteiger partial charge in [-0.15, -0.1) is 0 Å². The topological polar surface area (TPSA) is 205 Å². The predicted molar refractivity (Wildman–Crippen MR) is 130 cm³/mol. The third-order valence-corrected chi connectivity index (χ3v) is 7.29. The van der Waals surface area contributed by atoms with E-state index in [0.717, 1.165) is 19.3 Å². The van der Waals surface area contributed by atoms with Crippen molar-refractivity contribution in [1.29, 1.82) is 0 Å². The Labute approximate surface area is 195 Å². The molecule has 0 radical (unpaired) electrons. The summed E-state index contributed by atoms with van der Waals surface area (Å²) in [5.41, 5.74) is 5.00. The summed E-state index contributed by atoms with van der Waals surface area (Å²) in [7, 11) is -4.94. The van der Waals surface area contributed by atoms with Gasteiger partial charge in [0.05, 0.1) is 6.42 Å². The third-order valence-electron chi connectivity index (χ3n) is 5.78. The number of nitrogens with two attached hydrogens (primary N) is 1. The second-order valence-electron chi connectivity index (χ2n) is 8.47. The first-order valence-electron chi connectivity index (χ1n) is 11.7. The zero-order chi connectivity index (χ0) is 22.9. The Morgan fingerprint density at radius 3 is 1.28 bits per heavy atom. The van der Waals surface area contributed by atoms with Gasteiger partial charge in [0, 0.05) is 0 Å². The van der Waals surface area contributed by atoms with Crippen LogP contribution in [0.3, 0.4) is 0 Å². The number of hydrogen-bond donors (Lipinski definition) is 5. The summed E-state index contributed by atoms with van der Waals surface area (Å²) < 4.78 is 30.0. The number of carbonyl (C=O) groups is 2. The van der Waals surface area contributed by atoms with Crippen molar-refractivity contribution in [3.8, 4) is 0 Å². The Kier molecular flexibility index (Phi) is 22.5. The number of carbonyl (C=O) groups excluding carboxylic acids is 1. The van der Waals surface area contributed by atoms with Crippen LogP contribution in [0.25, 0.3) is 0 Å². The minimum atomic E-state index is -4.94. The summed E-state index contributed by atoms with van der Waals surface area (Å²) in [4.78, 5) is 22.6. The molecule has 0 heterocycles. The van der Waals surface area contributed by atoms with Gasteiger partial charge in [-0.3, -0.25) is 14.1 Å². The van der Waals surface area contributed by atoms with Crippen molar-refractivity contribution in [3.05, 3.63) is 0 Å². The maximum absolute atomic E-state index is 11.6. The quantitative estimate of drug-likeness (QED) is 0.103. The first-order chi connectivity index (χ1) is 14.2. The number of primary amides is 1. The molecule has 0 fully saturated rings. The molecule has 0 aromatic carbocycles. The molecule has 0 aromatic heterocycles. The first kappa shape index (κ1) is 35.4. The van der Waals surface area contributed by atoms with Crippen molar-refractivity contribution < 1.29 is 27.7 Å². The monoisotopic (exact) mass is 483 g/mol. The number of carboxylic acids is 1. The van der Waals surface area contributed by atoms with Crippen molar-refractivity contribution in [3.63, 3.8) is 0 Å². The molecule has 0 aliphatic heterocycles.